The lowest BCUT2D eigenvalue weighted by Gasteiger charge is -2.07. The van der Waals surface area contributed by atoms with E-state index >= 15 is 0 Å². The van der Waals surface area contributed by atoms with E-state index in [1.165, 1.54) is 18.6 Å². The van der Waals surface area contributed by atoms with E-state index in [2.05, 4.69) is 16.6 Å². The quantitative estimate of drug-likeness (QED) is 0.837. The number of sulfonamides is 1. The Labute approximate surface area is 123 Å². The summed E-state index contributed by atoms with van der Waals surface area (Å²) >= 11 is 0. The predicted molar refractivity (Wildman–Crippen MR) is 77.9 cm³/mol. The Balaban J connectivity index is 2.18. The van der Waals surface area contributed by atoms with E-state index in [-0.39, 0.29) is 18.0 Å². The summed E-state index contributed by atoms with van der Waals surface area (Å²) in [4.78, 5) is 0.179. The SMILES string of the molecule is Cc1cc(S(=O)(=O)NCc2ccoc2)ccc1C#CCO. The van der Waals surface area contributed by atoms with Gasteiger partial charge in [0.15, 0.2) is 0 Å². The van der Waals surface area contributed by atoms with E-state index in [1.807, 2.05) is 0 Å². The molecule has 0 aliphatic heterocycles. The van der Waals surface area contributed by atoms with E-state index in [4.69, 9.17) is 9.52 Å². The zero-order valence-electron chi connectivity index (χ0n) is 11.5. The summed E-state index contributed by atoms with van der Waals surface area (Å²) in [7, 11) is -3.59. The number of furan rings is 1. The van der Waals surface area contributed by atoms with Crippen molar-refractivity contribution in [3.05, 3.63) is 53.5 Å². The molecule has 110 valence electrons. The molecule has 2 rings (SSSR count). The van der Waals surface area contributed by atoms with Gasteiger partial charge in [0.25, 0.3) is 0 Å². The van der Waals surface area contributed by atoms with Crippen molar-refractivity contribution in [3.63, 3.8) is 0 Å². The minimum atomic E-state index is -3.59. The summed E-state index contributed by atoms with van der Waals surface area (Å²) in [5.74, 6) is 5.31. The molecule has 0 atom stereocenters. The van der Waals surface area contributed by atoms with Crippen LogP contribution in [0.15, 0.2) is 46.1 Å². The van der Waals surface area contributed by atoms with Gasteiger partial charge < -0.3 is 9.52 Å². The molecule has 1 heterocycles. The number of aryl methyl sites for hydroxylation is 1. The van der Waals surface area contributed by atoms with Crippen LogP contribution in [0.25, 0.3) is 0 Å². The van der Waals surface area contributed by atoms with Crippen molar-refractivity contribution in [2.45, 2.75) is 18.4 Å². The number of benzene rings is 1. The minimum absolute atomic E-state index is 0.171. The van der Waals surface area contributed by atoms with E-state index in [0.717, 1.165) is 11.1 Å². The largest absolute Gasteiger partial charge is 0.472 e. The molecule has 0 fully saturated rings. The van der Waals surface area contributed by atoms with Crippen molar-refractivity contribution < 1.29 is 17.9 Å². The van der Waals surface area contributed by atoms with Gasteiger partial charge in [0.1, 0.15) is 6.61 Å². The van der Waals surface area contributed by atoms with E-state index < -0.39 is 10.0 Å². The zero-order chi connectivity index (χ0) is 15.3. The number of hydrogen-bond acceptors (Lipinski definition) is 4. The third-order valence-corrected chi connectivity index (χ3v) is 4.26. The third kappa shape index (κ3) is 3.95. The second-order valence-corrected chi connectivity index (χ2v) is 6.16. The van der Waals surface area contributed by atoms with Gasteiger partial charge in [-0.05, 0) is 36.8 Å². The van der Waals surface area contributed by atoms with Gasteiger partial charge in [0, 0.05) is 17.7 Å². The highest BCUT2D eigenvalue weighted by molar-refractivity contribution is 7.89. The highest BCUT2D eigenvalue weighted by Crippen LogP contribution is 2.15. The molecule has 0 aliphatic rings. The highest BCUT2D eigenvalue weighted by Gasteiger charge is 2.14. The molecule has 2 N–H and O–H groups in total. The fourth-order valence-electron chi connectivity index (χ4n) is 1.73. The first-order valence-corrected chi connectivity index (χ1v) is 7.72. The third-order valence-electron chi connectivity index (χ3n) is 2.86. The van der Waals surface area contributed by atoms with Crippen molar-refractivity contribution in [2.24, 2.45) is 0 Å². The Hall–Kier alpha value is -2.07. The van der Waals surface area contributed by atoms with Crippen LogP contribution in [0.3, 0.4) is 0 Å². The van der Waals surface area contributed by atoms with Crippen molar-refractivity contribution in [3.8, 4) is 11.8 Å². The lowest BCUT2D eigenvalue weighted by atomic mass is 10.1. The van der Waals surface area contributed by atoms with Gasteiger partial charge in [0.2, 0.25) is 10.0 Å². The summed E-state index contributed by atoms with van der Waals surface area (Å²) in [5.41, 5.74) is 2.18. The Kier molecular flexibility index (Phi) is 4.81. The molecule has 0 radical (unpaired) electrons. The predicted octanol–water partition coefficient (Wildman–Crippen LogP) is 1.41. The van der Waals surface area contributed by atoms with Gasteiger partial charge in [0.05, 0.1) is 17.4 Å². The van der Waals surface area contributed by atoms with Crippen LogP contribution < -0.4 is 4.72 Å². The molecule has 21 heavy (non-hydrogen) atoms. The van der Waals surface area contributed by atoms with Crippen LogP contribution in [0.2, 0.25) is 0 Å². The van der Waals surface area contributed by atoms with E-state index in [1.54, 1.807) is 25.1 Å². The lowest BCUT2D eigenvalue weighted by Crippen LogP contribution is -2.23. The minimum Gasteiger partial charge on any atom is -0.472 e. The number of aliphatic hydroxyl groups excluding tert-OH is 1. The smallest absolute Gasteiger partial charge is 0.240 e. The molecule has 0 saturated heterocycles. The van der Waals surface area contributed by atoms with Crippen molar-refractivity contribution in [1.82, 2.24) is 4.72 Å². The van der Waals surface area contributed by atoms with Crippen LogP contribution in [0.1, 0.15) is 16.7 Å². The van der Waals surface area contributed by atoms with Crippen LogP contribution in [0, 0.1) is 18.8 Å². The first kappa shape index (κ1) is 15.3. The number of nitrogens with one attached hydrogen (secondary N) is 1. The number of hydrogen-bond donors (Lipinski definition) is 2. The molecule has 2 aromatic rings. The fourth-order valence-corrected chi connectivity index (χ4v) is 2.84. The van der Waals surface area contributed by atoms with E-state index in [9.17, 15) is 8.42 Å². The molecule has 0 aliphatic carbocycles. The molecule has 0 unspecified atom stereocenters. The number of aliphatic hydroxyl groups is 1. The molecule has 0 bridgehead atoms. The van der Waals surface area contributed by atoms with Crippen molar-refractivity contribution >= 4 is 10.0 Å². The van der Waals surface area contributed by atoms with Crippen LogP contribution >= 0.6 is 0 Å². The molecule has 0 amide bonds. The Morgan fingerprint density at radius 3 is 2.76 bits per heavy atom. The Bertz CT molecular complexity index is 768. The highest BCUT2D eigenvalue weighted by atomic mass is 32.2. The van der Waals surface area contributed by atoms with Crippen LogP contribution in [-0.2, 0) is 16.6 Å². The molecular weight excluding hydrogens is 290 g/mol. The van der Waals surface area contributed by atoms with Crippen LogP contribution in [0.5, 0.6) is 0 Å². The first-order chi connectivity index (χ1) is 10.0. The average molecular weight is 305 g/mol. The molecule has 6 heteroatoms. The van der Waals surface area contributed by atoms with Gasteiger partial charge in [-0.25, -0.2) is 13.1 Å². The van der Waals surface area contributed by atoms with Gasteiger partial charge in [-0.15, -0.1) is 0 Å². The summed E-state index contributed by atoms with van der Waals surface area (Å²) < 4.78 is 31.8. The van der Waals surface area contributed by atoms with Crippen molar-refractivity contribution in [2.75, 3.05) is 6.61 Å². The molecule has 0 spiro atoms. The average Bonchev–Trinajstić information content (AvgIpc) is 2.97. The fraction of sp³-hybridized carbons (Fsp3) is 0.200. The van der Waals surface area contributed by atoms with Gasteiger partial charge in [-0.2, -0.15) is 0 Å². The van der Waals surface area contributed by atoms with Crippen molar-refractivity contribution in [1.29, 1.82) is 0 Å². The summed E-state index contributed by atoms with van der Waals surface area (Å²) in [6.07, 6.45) is 2.98. The number of rotatable bonds is 4. The van der Waals surface area contributed by atoms with Gasteiger partial charge in [-0.3, -0.25) is 0 Å². The second-order valence-electron chi connectivity index (χ2n) is 4.39. The van der Waals surface area contributed by atoms with Crippen LogP contribution in [0.4, 0.5) is 0 Å². The maximum atomic E-state index is 12.2. The lowest BCUT2D eigenvalue weighted by molar-refractivity contribution is 0.350. The maximum absolute atomic E-state index is 12.2. The zero-order valence-corrected chi connectivity index (χ0v) is 12.3. The summed E-state index contributed by atoms with van der Waals surface area (Å²) in [6.45, 7) is 1.71. The van der Waals surface area contributed by atoms with Crippen LogP contribution in [-0.4, -0.2) is 20.1 Å². The molecule has 1 aromatic carbocycles. The van der Waals surface area contributed by atoms with Gasteiger partial charge >= 0.3 is 0 Å². The normalized spacial score (nSPS) is 11.0. The monoisotopic (exact) mass is 305 g/mol. The molecule has 5 nitrogen and oxygen atoms in total. The van der Waals surface area contributed by atoms with Gasteiger partial charge in [-0.1, -0.05) is 11.8 Å². The molecular formula is C15H15NO4S. The second kappa shape index (κ2) is 6.59. The topological polar surface area (TPSA) is 79.5 Å². The summed E-state index contributed by atoms with van der Waals surface area (Å²) in [6, 6.07) is 6.37. The Morgan fingerprint density at radius 1 is 1.33 bits per heavy atom. The molecule has 0 saturated carbocycles. The molecule has 1 aromatic heterocycles. The first-order valence-electron chi connectivity index (χ1n) is 6.24. The maximum Gasteiger partial charge on any atom is 0.240 e. The Morgan fingerprint density at radius 2 is 2.14 bits per heavy atom. The van der Waals surface area contributed by atoms with E-state index in [0.29, 0.717) is 5.56 Å². The summed E-state index contributed by atoms with van der Waals surface area (Å²) in [5, 5.41) is 8.68. The standard InChI is InChI=1S/C15H15NO4S/c1-12-9-15(5-4-14(12)3-2-7-17)21(18,19)16-10-13-6-8-20-11-13/h4-6,8-9,11,16-17H,7,10H2,1H3.